The van der Waals surface area contributed by atoms with E-state index in [0.717, 1.165) is 30.9 Å². The molecule has 0 aliphatic carbocycles. The maximum atomic E-state index is 11.2. The number of aryl methyl sites for hydroxylation is 1. The summed E-state index contributed by atoms with van der Waals surface area (Å²) >= 11 is 0. The third kappa shape index (κ3) is 2.89. The number of benzene rings is 1. The normalized spacial score (nSPS) is 23.4. The first kappa shape index (κ1) is 13.9. The molecule has 1 aliphatic rings. The molecule has 1 aliphatic heterocycles. The summed E-state index contributed by atoms with van der Waals surface area (Å²) in [6.45, 7) is 6.98. The summed E-state index contributed by atoms with van der Waals surface area (Å²) in [6, 6.07) is 5.85. The molecule has 2 rings (SSSR count). The van der Waals surface area contributed by atoms with Gasteiger partial charge in [0.05, 0.1) is 0 Å². The van der Waals surface area contributed by atoms with Gasteiger partial charge in [-0.15, -0.1) is 0 Å². The SMILES string of the molecule is Cc1cc(N2CCC(C)C(CN)C2)ccc1C(N)=O. The summed E-state index contributed by atoms with van der Waals surface area (Å²) in [5.41, 5.74) is 13.9. The molecule has 1 saturated heterocycles. The van der Waals surface area contributed by atoms with Gasteiger partial charge in [-0.1, -0.05) is 6.92 Å². The van der Waals surface area contributed by atoms with E-state index in [-0.39, 0.29) is 5.91 Å². The number of carbonyl (C=O) groups is 1. The van der Waals surface area contributed by atoms with E-state index >= 15 is 0 Å². The monoisotopic (exact) mass is 261 g/mol. The van der Waals surface area contributed by atoms with Crippen molar-refractivity contribution < 1.29 is 4.79 Å². The Kier molecular flexibility index (Phi) is 4.10. The van der Waals surface area contributed by atoms with Crippen LogP contribution in [0.2, 0.25) is 0 Å². The predicted octanol–water partition coefficient (Wildman–Crippen LogP) is 1.52. The smallest absolute Gasteiger partial charge is 0.248 e. The minimum Gasteiger partial charge on any atom is -0.371 e. The summed E-state index contributed by atoms with van der Waals surface area (Å²) in [6.07, 6.45) is 1.17. The Morgan fingerprint density at radius 2 is 2.21 bits per heavy atom. The van der Waals surface area contributed by atoms with Crippen molar-refractivity contribution in [3.63, 3.8) is 0 Å². The van der Waals surface area contributed by atoms with Gasteiger partial charge in [-0.25, -0.2) is 0 Å². The van der Waals surface area contributed by atoms with Gasteiger partial charge < -0.3 is 16.4 Å². The molecule has 4 heteroatoms. The lowest BCUT2D eigenvalue weighted by molar-refractivity contribution is 0.1000. The van der Waals surface area contributed by atoms with Gasteiger partial charge in [0.25, 0.3) is 0 Å². The van der Waals surface area contributed by atoms with E-state index in [1.807, 2.05) is 25.1 Å². The molecule has 104 valence electrons. The molecule has 0 bridgehead atoms. The number of amides is 1. The Hall–Kier alpha value is -1.55. The number of carbonyl (C=O) groups excluding carboxylic acids is 1. The molecule has 2 atom stereocenters. The summed E-state index contributed by atoms with van der Waals surface area (Å²) in [5, 5.41) is 0. The van der Waals surface area contributed by atoms with Gasteiger partial charge in [0, 0.05) is 24.3 Å². The van der Waals surface area contributed by atoms with Crippen molar-refractivity contribution in [3.05, 3.63) is 29.3 Å². The van der Waals surface area contributed by atoms with Crippen LogP contribution in [0.15, 0.2) is 18.2 Å². The van der Waals surface area contributed by atoms with E-state index in [2.05, 4.69) is 11.8 Å². The van der Waals surface area contributed by atoms with Gasteiger partial charge in [-0.2, -0.15) is 0 Å². The molecule has 0 saturated carbocycles. The standard InChI is InChI=1S/C15H23N3O/c1-10-5-6-18(9-12(10)8-16)13-3-4-14(15(17)19)11(2)7-13/h3-4,7,10,12H,5-6,8-9,16H2,1-2H3,(H2,17,19). The summed E-state index contributed by atoms with van der Waals surface area (Å²) in [7, 11) is 0. The highest BCUT2D eigenvalue weighted by Crippen LogP contribution is 2.28. The van der Waals surface area contributed by atoms with Gasteiger partial charge in [0.1, 0.15) is 0 Å². The molecular formula is C15H23N3O. The molecule has 19 heavy (non-hydrogen) atoms. The van der Waals surface area contributed by atoms with Crippen molar-refractivity contribution in [1.29, 1.82) is 0 Å². The second-order valence-corrected chi connectivity index (χ2v) is 5.57. The number of rotatable bonds is 3. The van der Waals surface area contributed by atoms with E-state index in [1.54, 1.807) is 0 Å². The molecule has 1 aromatic carbocycles. The van der Waals surface area contributed by atoms with E-state index in [4.69, 9.17) is 11.5 Å². The van der Waals surface area contributed by atoms with Gasteiger partial charge >= 0.3 is 0 Å². The number of hydrogen-bond acceptors (Lipinski definition) is 3. The van der Waals surface area contributed by atoms with Gasteiger partial charge in [-0.3, -0.25) is 4.79 Å². The zero-order valence-electron chi connectivity index (χ0n) is 11.7. The molecular weight excluding hydrogens is 238 g/mol. The zero-order valence-corrected chi connectivity index (χ0v) is 11.7. The Balaban J connectivity index is 2.18. The average molecular weight is 261 g/mol. The van der Waals surface area contributed by atoms with Crippen LogP contribution in [-0.2, 0) is 0 Å². The number of hydrogen-bond donors (Lipinski definition) is 2. The van der Waals surface area contributed by atoms with Crippen LogP contribution in [0, 0.1) is 18.8 Å². The quantitative estimate of drug-likeness (QED) is 0.866. The number of anilines is 1. The van der Waals surface area contributed by atoms with Gasteiger partial charge in [0.2, 0.25) is 5.91 Å². The van der Waals surface area contributed by atoms with Crippen molar-refractivity contribution in [1.82, 2.24) is 0 Å². The summed E-state index contributed by atoms with van der Waals surface area (Å²) in [4.78, 5) is 13.6. The minimum absolute atomic E-state index is 0.365. The first-order valence-corrected chi connectivity index (χ1v) is 6.88. The third-order valence-corrected chi connectivity index (χ3v) is 4.26. The molecule has 4 nitrogen and oxygen atoms in total. The van der Waals surface area contributed by atoms with Crippen LogP contribution in [0.25, 0.3) is 0 Å². The second-order valence-electron chi connectivity index (χ2n) is 5.57. The molecule has 2 unspecified atom stereocenters. The van der Waals surface area contributed by atoms with Crippen molar-refractivity contribution >= 4 is 11.6 Å². The first-order valence-electron chi connectivity index (χ1n) is 6.88. The maximum absolute atomic E-state index is 11.2. The average Bonchev–Trinajstić information content (AvgIpc) is 2.38. The Labute approximate surface area is 114 Å². The largest absolute Gasteiger partial charge is 0.371 e. The topological polar surface area (TPSA) is 72.3 Å². The van der Waals surface area contributed by atoms with Crippen LogP contribution in [-0.4, -0.2) is 25.5 Å². The second kappa shape index (κ2) is 5.61. The fourth-order valence-electron chi connectivity index (χ4n) is 2.81. The lowest BCUT2D eigenvalue weighted by atomic mass is 9.87. The lowest BCUT2D eigenvalue weighted by Gasteiger charge is -2.38. The van der Waals surface area contributed by atoms with E-state index < -0.39 is 0 Å². The molecule has 4 N–H and O–H groups in total. The van der Waals surface area contributed by atoms with Crippen molar-refractivity contribution in [2.45, 2.75) is 20.3 Å². The van der Waals surface area contributed by atoms with Crippen LogP contribution >= 0.6 is 0 Å². The Morgan fingerprint density at radius 3 is 2.79 bits per heavy atom. The molecule has 0 spiro atoms. The zero-order chi connectivity index (χ0) is 14.0. The highest BCUT2D eigenvalue weighted by Gasteiger charge is 2.25. The van der Waals surface area contributed by atoms with E-state index in [1.165, 1.54) is 6.42 Å². The lowest BCUT2D eigenvalue weighted by Crippen LogP contribution is -2.42. The van der Waals surface area contributed by atoms with E-state index in [9.17, 15) is 4.79 Å². The van der Waals surface area contributed by atoms with Crippen LogP contribution in [0.5, 0.6) is 0 Å². The van der Waals surface area contributed by atoms with Gasteiger partial charge in [0.15, 0.2) is 0 Å². The number of primary amides is 1. The van der Waals surface area contributed by atoms with Crippen LogP contribution in [0.1, 0.15) is 29.3 Å². The number of nitrogens with two attached hydrogens (primary N) is 2. The van der Waals surface area contributed by atoms with Crippen LogP contribution in [0.3, 0.4) is 0 Å². The van der Waals surface area contributed by atoms with Crippen molar-refractivity contribution in [2.24, 2.45) is 23.3 Å². The Morgan fingerprint density at radius 1 is 1.47 bits per heavy atom. The fraction of sp³-hybridized carbons (Fsp3) is 0.533. The molecule has 0 radical (unpaired) electrons. The molecule has 1 fully saturated rings. The molecule has 1 amide bonds. The highest BCUT2D eigenvalue weighted by atomic mass is 16.1. The van der Waals surface area contributed by atoms with Crippen LogP contribution in [0.4, 0.5) is 5.69 Å². The maximum Gasteiger partial charge on any atom is 0.248 e. The third-order valence-electron chi connectivity index (χ3n) is 4.26. The first-order chi connectivity index (χ1) is 9.02. The molecule has 1 aromatic rings. The molecule has 1 heterocycles. The summed E-state index contributed by atoms with van der Waals surface area (Å²) in [5.74, 6) is 0.869. The fourth-order valence-corrected chi connectivity index (χ4v) is 2.81. The van der Waals surface area contributed by atoms with Gasteiger partial charge in [-0.05, 0) is 55.5 Å². The number of piperidine rings is 1. The van der Waals surface area contributed by atoms with E-state index in [0.29, 0.717) is 17.4 Å². The van der Waals surface area contributed by atoms with Crippen molar-refractivity contribution in [2.75, 3.05) is 24.5 Å². The Bertz CT molecular complexity index is 472. The predicted molar refractivity (Wildman–Crippen MR) is 78.2 cm³/mol. The highest BCUT2D eigenvalue weighted by molar-refractivity contribution is 5.94. The number of nitrogens with zero attached hydrogens (tertiary/aromatic N) is 1. The van der Waals surface area contributed by atoms with Crippen LogP contribution < -0.4 is 16.4 Å². The molecule has 0 aromatic heterocycles. The summed E-state index contributed by atoms with van der Waals surface area (Å²) < 4.78 is 0. The minimum atomic E-state index is -0.365. The van der Waals surface area contributed by atoms with Crippen molar-refractivity contribution in [3.8, 4) is 0 Å².